The maximum absolute atomic E-state index is 5.78. The van der Waals surface area contributed by atoms with Gasteiger partial charge in [0.2, 0.25) is 0 Å². The number of rotatable bonds is 3. The molecule has 1 aliphatic rings. The van der Waals surface area contributed by atoms with Crippen LogP contribution in [0.1, 0.15) is 11.1 Å². The largest absolute Gasteiger partial charge is 0.493 e. The van der Waals surface area contributed by atoms with E-state index in [-0.39, 0.29) is 0 Å². The normalized spacial score (nSPS) is 13.8. The Hall–Kier alpha value is -2.01. The van der Waals surface area contributed by atoms with Crippen molar-refractivity contribution in [3.63, 3.8) is 0 Å². The van der Waals surface area contributed by atoms with Crippen molar-refractivity contribution in [2.75, 3.05) is 25.7 Å². The smallest absolute Gasteiger partial charge is 0.161 e. The van der Waals surface area contributed by atoms with Crippen LogP contribution in [0.3, 0.4) is 0 Å². The zero-order valence-corrected chi connectivity index (χ0v) is 12.7. The Kier molecular flexibility index (Phi) is 3.84. The van der Waals surface area contributed by atoms with Gasteiger partial charge in [0.1, 0.15) is 0 Å². The van der Waals surface area contributed by atoms with Crippen molar-refractivity contribution in [3.8, 4) is 11.5 Å². The summed E-state index contributed by atoms with van der Waals surface area (Å²) in [4.78, 5) is 2.18. The summed E-state index contributed by atoms with van der Waals surface area (Å²) in [6.45, 7) is 1.66. The topological polar surface area (TPSA) is 47.5 Å². The van der Waals surface area contributed by atoms with E-state index in [1.807, 2.05) is 12.1 Å². The van der Waals surface area contributed by atoms with E-state index in [2.05, 4.69) is 21.2 Å². The molecule has 0 bridgehead atoms. The van der Waals surface area contributed by atoms with Crippen molar-refractivity contribution in [3.05, 3.63) is 40.5 Å². The van der Waals surface area contributed by atoms with E-state index in [1.165, 1.54) is 11.1 Å². The van der Waals surface area contributed by atoms with Gasteiger partial charge in [-0.15, -0.1) is 10.2 Å². The predicted octanol–water partition coefficient (Wildman–Crippen LogP) is 2.71. The minimum atomic E-state index is 0.405. The SMILES string of the molecule is COc1cc2c(cc1OC)CN(c1ccc(Cl)nn1)CC2. The standard InChI is InChI=1S/C15H16ClN3O2/c1-20-12-7-10-5-6-19(9-11(10)8-13(12)21-2)15-4-3-14(16)17-18-15/h3-4,7-8H,5-6,9H2,1-2H3. The lowest BCUT2D eigenvalue weighted by Crippen LogP contribution is -2.31. The second-order valence-corrected chi connectivity index (χ2v) is 5.25. The second kappa shape index (κ2) is 5.77. The van der Waals surface area contributed by atoms with Gasteiger partial charge in [-0.3, -0.25) is 0 Å². The number of hydrogen-bond donors (Lipinski definition) is 0. The summed E-state index contributed by atoms with van der Waals surface area (Å²) in [5.41, 5.74) is 2.50. The lowest BCUT2D eigenvalue weighted by atomic mass is 9.99. The van der Waals surface area contributed by atoms with Crippen molar-refractivity contribution in [1.29, 1.82) is 0 Å². The van der Waals surface area contributed by atoms with Gasteiger partial charge >= 0.3 is 0 Å². The van der Waals surface area contributed by atoms with Crippen LogP contribution < -0.4 is 14.4 Å². The average Bonchev–Trinajstić information content (AvgIpc) is 2.53. The van der Waals surface area contributed by atoms with Gasteiger partial charge in [0.25, 0.3) is 0 Å². The first kappa shape index (κ1) is 13.9. The van der Waals surface area contributed by atoms with Crippen LogP contribution in [-0.4, -0.2) is 31.0 Å². The maximum Gasteiger partial charge on any atom is 0.161 e. The molecule has 0 N–H and O–H groups in total. The zero-order valence-electron chi connectivity index (χ0n) is 12.0. The summed E-state index contributed by atoms with van der Waals surface area (Å²) in [6, 6.07) is 7.73. The van der Waals surface area contributed by atoms with Gasteiger partial charge in [-0.1, -0.05) is 11.6 Å². The van der Waals surface area contributed by atoms with Crippen molar-refractivity contribution < 1.29 is 9.47 Å². The first-order valence-corrected chi connectivity index (χ1v) is 7.07. The lowest BCUT2D eigenvalue weighted by Gasteiger charge is -2.30. The number of benzene rings is 1. The number of aromatic nitrogens is 2. The third kappa shape index (κ3) is 2.74. The van der Waals surface area contributed by atoms with Crippen LogP contribution in [0.2, 0.25) is 5.15 Å². The average molecular weight is 306 g/mol. The number of fused-ring (bicyclic) bond motifs is 1. The van der Waals surface area contributed by atoms with E-state index in [0.717, 1.165) is 36.8 Å². The fourth-order valence-corrected chi connectivity index (χ4v) is 2.66. The number of anilines is 1. The Morgan fingerprint density at radius 2 is 1.76 bits per heavy atom. The van der Waals surface area contributed by atoms with Crippen molar-refractivity contribution >= 4 is 17.4 Å². The van der Waals surface area contributed by atoms with Crippen molar-refractivity contribution in [2.45, 2.75) is 13.0 Å². The molecule has 21 heavy (non-hydrogen) atoms. The lowest BCUT2D eigenvalue weighted by molar-refractivity contribution is 0.353. The molecule has 1 aliphatic heterocycles. The summed E-state index contributed by atoms with van der Waals surface area (Å²) in [6.07, 6.45) is 0.931. The highest BCUT2D eigenvalue weighted by molar-refractivity contribution is 6.29. The van der Waals surface area contributed by atoms with Gasteiger partial charge < -0.3 is 14.4 Å². The second-order valence-electron chi connectivity index (χ2n) is 4.86. The first-order chi connectivity index (χ1) is 10.2. The Morgan fingerprint density at radius 1 is 1.05 bits per heavy atom. The molecule has 0 aliphatic carbocycles. The van der Waals surface area contributed by atoms with E-state index < -0.39 is 0 Å². The van der Waals surface area contributed by atoms with Gasteiger partial charge in [-0.05, 0) is 41.8 Å². The van der Waals surface area contributed by atoms with Gasteiger partial charge in [0.05, 0.1) is 14.2 Å². The molecule has 0 unspecified atom stereocenters. The number of hydrogen-bond acceptors (Lipinski definition) is 5. The van der Waals surface area contributed by atoms with Gasteiger partial charge in [-0.2, -0.15) is 0 Å². The first-order valence-electron chi connectivity index (χ1n) is 6.69. The Morgan fingerprint density at radius 3 is 2.38 bits per heavy atom. The zero-order chi connectivity index (χ0) is 14.8. The highest BCUT2D eigenvalue weighted by Gasteiger charge is 2.20. The van der Waals surface area contributed by atoms with Crippen LogP contribution in [0.5, 0.6) is 11.5 Å². The molecule has 5 nitrogen and oxygen atoms in total. The maximum atomic E-state index is 5.78. The Labute approximate surface area is 128 Å². The minimum absolute atomic E-state index is 0.405. The molecular weight excluding hydrogens is 290 g/mol. The molecule has 2 aromatic rings. The number of ether oxygens (including phenoxy) is 2. The number of methoxy groups -OCH3 is 2. The van der Waals surface area contributed by atoms with E-state index >= 15 is 0 Å². The predicted molar refractivity (Wildman–Crippen MR) is 81.3 cm³/mol. The van der Waals surface area contributed by atoms with Crippen molar-refractivity contribution in [2.24, 2.45) is 0 Å². The van der Waals surface area contributed by atoms with Crippen LogP contribution in [-0.2, 0) is 13.0 Å². The van der Waals surface area contributed by atoms with Crippen LogP contribution in [0.4, 0.5) is 5.82 Å². The molecule has 110 valence electrons. The highest BCUT2D eigenvalue weighted by atomic mass is 35.5. The molecule has 0 spiro atoms. The number of nitrogens with zero attached hydrogens (tertiary/aromatic N) is 3. The van der Waals surface area contributed by atoms with Crippen LogP contribution in [0.25, 0.3) is 0 Å². The molecule has 0 saturated heterocycles. The summed E-state index contributed by atoms with van der Waals surface area (Å²) in [5, 5.41) is 8.44. The van der Waals surface area contributed by atoms with Gasteiger partial charge in [-0.25, -0.2) is 0 Å². The Bertz CT molecular complexity index is 646. The molecule has 0 saturated carbocycles. The summed E-state index contributed by atoms with van der Waals surface area (Å²) in [7, 11) is 3.30. The molecule has 1 aromatic heterocycles. The molecule has 3 rings (SSSR count). The molecule has 0 radical (unpaired) electrons. The molecule has 0 atom stereocenters. The molecule has 0 fully saturated rings. The fraction of sp³-hybridized carbons (Fsp3) is 0.333. The quantitative estimate of drug-likeness (QED) is 0.872. The highest BCUT2D eigenvalue weighted by Crippen LogP contribution is 2.34. The number of halogens is 1. The van der Waals surface area contributed by atoms with Gasteiger partial charge in [0.15, 0.2) is 22.5 Å². The van der Waals surface area contributed by atoms with E-state index in [4.69, 9.17) is 21.1 Å². The molecule has 6 heteroatoms. The minimum Gasteiger partial charge on any atom is -0.493 e. The monoisotopic (exact) mass is 305 g/mol. The van der Waals surface area contributed by atoms with Gasteiger partial charge in [0, 0.05) is 13.1 Å². The summed E-state index contributed by atoms with van der Waals surface area (Å²) < 4.78 is 10.7. The molecular formula is C15H16ClN3O2. The van der Waals surface area contributed by atoms with E-state index in [9.17, 15) is 0 Å². The van der Waals surface area contributed by atoms with Crippen LogP contribution in [0, 0.1) is 0 Å². The summed E-state index contributed by atoms with van der Waals surface area (Å²) in [5.74, 6) is 2.36. The van der Waals surface area contributed by atoms with Crippen LogP contribution >= 0.6 is 11.6 Å². The summed E-state index contributed by atoms with van der Waals surface area (Å²) >= 11 is 5.78. The molecule has 2 heterocycles. The Balaban J connectivity index is 1.89. The van der Waals surface area contributed by atoms with Crippen molar-refractivity contribution in [1.82, 2.24) is 10.2 Å². The molecule has 1 aromatic carbocycles. The van der Waals surface area contributed by atoms with E-state index in [0.29, 0.717) is 5.15 Å². The molecule has 0 amide bonds. The third-order valence-electron chi connectivity index (χ3n) is 3.66. The third-order valence-corrected chi connectivity index (χ3v) is 3.86. The van der Waals surface area contributed by atoms with Crippen LogP contribution in [0.15, 0.2) is 24.3 Å². The fourth-order valence-electron chi connectivity index (χ4n) is 2.56. The van der Waals surface area contributed by atoms with E-state index in [1.54, 1.807) is 20.3 Å².